The van der Waals surface area contributed by atoms with Crippen LogP contribution in [0.2, 0.25) is 0 Å². The Hall–Kier alpha value is -1.68. The summed E-state index contributed by atoms with van der Waals surface area (Å²) in [6.45, 7) is 0. The predicted molar refractivity (Wildman–Crippen MR) is 54.4 cm³/mol. The summed E-state index contributed by atoms with van der Waals surface area (Å²) in [5, 5.41) is 39.2. The Labute approximate surface area is 130 Å². The molecule has 0 aliphatic carbocycles. The summed E-state index contributed by atoms with van der Waals surface area (Å²) in [5.41, 5.74) is 9.82. The fourth-order valence-corrected chi connectivity index (χ4v) is 0.782. The molecule has 0 aliphatic rings. The molecule has 0 rings (SSSR count). The largest absolute Gasteiger partial charge is 0.550 e. The van der Waals surface area contributed by atoms with Crippen molar-refractivity contribution in [2.75, 3.05) is 0 Å². The normalized spacial score (nSPS) is 11.9. The Balaban J connectivity index is -0.000000295. The predicted octanol–water partition coefficient (Wildman–Crippen LogP) is -6.82. The summed E-state index contributed by atoms with van der Waals surface area (Å²) in [6.07, 6.45) is -1.00. The zero-order valence-corrected chi connectivity index (χ0v) is 11.6. The number of carboxylic acids is 4. The van der Waals surface area contributed by atoms with Crippen molar-refractivity contribution in [1.29, 1.82) is 0 Å². The molecule has 21 heavy (non-hydrogen) atoms. The van der Waals surface area contributed by atoms with Crippen molar-refractivity contribution in [1.82, 2.24) is 0 Å². The van der Waals surface area contributed by atoms with Gasteiger partial charge in [-0.15, -0.1) is 0 Å². The van der Waals surface area contributed by atoms with Crippen molar-refractivity contribution in [2.45, 2.75) is 37.8 Å². The maximum atomic E-state index is 9.86. The summed E-state index contributed by atoms with van der Waals surface area (Å²) < 4.78 is 0. The van der Waals surface area contributed by atoms with Crippen LogP contribution in [0.1, 0.15) is 25.7 Å². The molecule has 0 heterocycles. The first-order chi connectivity index (χ1) is 9.07. The van der Waals surface area contributed by atoms with Gasteiger partial charge in [0, 0.05) is 41.1 Å². The van der Waals surface area contributed by atoms with Crippen molar-refractivity contribution < 1.29 is 56.7 Å². The second kappa shape index (κ2) is 13.3. The van der Waals surface area contributed by atoms with Crippen LogP contribution in [0.3, 0.4) is 0 Å². The van der Waals surface area contributed by atoms with E-state index >= 15 is 0 Å². The van der Waals surface area contributed by atoms with Crippen LogP contribution in [-0.2, 0) is 36.2 Å². The van der Waals surface area contributed by atoms with E-state index < -0.39 is 36.0 Å². The molecule has 0 amide bonds. The van der Waals surface area contributed by atoms with Gasteiger partial charge in [0.1, 0.15) is 0 Å². The zero-order valence-electron chi connectivity index (χ0n) is 10.7. The number of nitrogens with two attached hydrogens (primary N) is 2. The van der Waals surface area contributed by atoms with E-state index in [0.29, 0.717) is 0 Å². The van der Waals surface area contributed by atoms with Gasteiger partial charge in [-0.1, -0.05) is 0 Å². The molecule has 0 saturated carbocycles. The van der Waals surface area contributed by atoms with E-state index in [1.54, 1.807) is 0 Å². The van der Waals surface area contributed by atoms with E-state index in [1.165, 1.54) is 0 Å². The molecular formula is C10H14CuN2O8-4. The molecule has 0 aromatic rings. The molecule has 0 saturated heterocycles. The monoisotopic (exact) mass is 353 g/mol. The Bertz CT molecular complexity index is 329. The first-order valence-corrected chi connectivity index (χ1v) is 5.40. The van der Waals surface area contributed by atoms with Crippen LogP contribution in [0.4, 0.5) is 0 Å². The Kier molecular flexibility index (Phi) is 15.4. The van der Waals surface area contributed by atoms with Gasteiger partial charge in [-0.25, -0.2) is 0 Å². The third kappa shape index (κ3) is 18.3. The number of hydrogen-bond donors (Lipinski definition) is 2. The van der Waals surface area contributed by atoms with Crippen LogP contribution in [0.5, 0.6) is 0 Å². The molecular weight excluding hydrogens is 340 g/mol. The number of hydrogen-bond acceptors (Lipinski definition) is 10. The van der Waals surface area contributed by atoms with Crippen LogP contribution in [0.15, 0.2) is 0 Å². The number of aliphatic carboxylic acids is 4. The molecule has 11 heteroatoms. The van der Waals surface area contributed by atoms with E-state index in [0.717, 1.165) is 0 Å². The molecule has 0 bridgehead atoms. The van der Waals surface area contributed by atoms with Crippen LogP contribution in [0.25, 0.3) is 0 Å². The third-order valence-electron chi connectivity index (χ3n) is 1.92. The smallest absolute Gasteiger partial charge is 0.0582 e. The summed E-state index contributed by atoms with van der Waals surface area (Å²) in [7, 11) is 0. The van der Waals surface area contributed by atoms with Gasteiger partial charge in [0.15, 0.2) is 0 Å². The summed E-state index contributed by atoms with van der Waals surface area (Å²) in [6, 6.07) is -2.42. The molecule has 10 nitrogen and oxygen atoms in total. The zero-order chi connectivity index (χ0) is 16.3. The maximum absolute atomic E-state index is 9.86. The summed E-state index contributed by atoms with van der Waals surface area (Å²) >= 11 is 0. The molecule has 0 aliphatic heterocycles. The molecule has 0 unspecified atom stereocenters. The quantitative estimate of drug-likeness (QED) is 0.393. The molecule has 0 aromatic heterocycles. The minimum atomic E-state index is -1.44. The van der Waals surface area contributed by atoms with E-state index in [1.807, 2.05) is 0 Å². The Morgan fingerprint density at radius 1 is 0.714 bits per heavy atom. The first-order valence-electron chi connectivity index (χ1n) is 5.40. The minimum Gasteiger partial charge on any atom is -0.550 e. The van der Waals surface area contributed by atoms with Crippen molar-refractivity contribution in [3.63, 3.8) is 0 Å². The fourth-order valence-electron chi connectivity index (χ4n) is 0.782. The summed E-state index contributed by atoms with van der Waals surface area (Å²) in [4.78, 5) is 39.2. The van der Waals surface area contributed by atoms with Gasteiger partial charge < -0.3 is 51.1 Å². The standard InChI is InChI=1S/2C5H9NO4.Cu/c2*6-3(5(9)10)1-2-4(7)8;/h2*3H,1-2,6H2,(H,7,8)(H,9,10);/p-4/t2*3-;/m00./s1. The molecule has 127 valence electrons. The molecule has 0 spiro atoms. The van der Waals surface area contributed by atoms with Crippen LogP contribution in [0, 0.1) is 0 Å². The van der Waals surface area contributed by atoms with Crippen molar-refractivity contribution in [3.8, 4) is 0 Å². The van der Waals surface area contributed by atoms with E-state index in [2.05, 4.69) is 0 Å². The molecule has 2 atom stereocenters. The minimum absolute atomic E-state index is 0. The second-order valence-electron chi connectivity index (χ2n) is 3.67. The topological polar surface area (TPSA) is 213 Å². The van der Waals surface area contributed by atoms with E-state index in [4.69, 9.17) is 11.5 Å². The fraction of sp³-hybridized carbons (Fsp3) is 0.600. The third-order valence-corrected chi connectivity index (χ3v) is 1.92. The van der Waals surface area contributed by atoms with Gasteiger partial charge in [0.25, 0.3) is 0 Å². The van der Waals surface area contributed by atoms with Crippen molar-refractivity contribution >= 4 is 23.9 Å². The average Bonchev–Trinajstić information content (AvgIpc) is 2.33. The van der Waals surface area contributed by atoms with Gasteiger partial charge in [-0.05, 0) is 25.7 Å². The Morgan fingerprint density at radius 2 is 0.952 bits per heavy atom. The van der Waals surface area contributed by atoms with Crippen LogP contribution >= 0.6 is 0 Å². The number of carboxylic acid groups (broad SMARTS) is 4. The van der Waals surface area contributed by atoms with Crippen molar-refractivity contribution in [2.24, 2.45) is 11.5 Å². The Morgan fingerprint density at radius 3 is 1.10 bits per heavy atom. The maximum Gasteiger partial charge on any atom is 0.0582 e. The second-order valence-corrected chi connectivity index (χ2v) is 3.67. The van der Waals surface area contributed by atoms with Crippen LogP contribution in [-0.4, -0.2) is 36.0 Å². The van der Waals surface area contributed by atoms with Gasteiger partial charge >= 0.3 is 0 Å². The van der Waals surface area contributed by atoms with Gasteiger partial charge in [-0.3, -0.25) is 0 Å². The number of carbonyl (C=O) groups is 4. The van der Waals surface area contributed by atoms with Gasteiger partial charge in [0.2, 0.25) is 0 Å². The molecule has 0 fully saturated rings. The van der Waals surface area contributed by atoms with Crippen LogP contribution < -0.4 is 31.9 Å². The average molecular weight is 354 g/mol. The molecule has 0 aromatic carbocycles. The number of carbonyl (C=O) groups excluding carboxylic acids is 4. The first kappa shape index (κ1) is 24.3. The molecule has 4 N–H and O–H groups in total. The van der Waals surface area contributed by atoms with E-state index in [9.17, 15) is 39.6 Å². The van der Waals surface area contributed by atoms with E-state index in [-0.39, 0.29) is 42.8 Å². The summed E-state index contributed by atoms with van der Waals surface area (Å²) in [5.74, 6) is -5.50. The van der Waals surface area contributed by atoms with Crippen molar-refractivity contribution in [3.05, 3.63) is 0 Å². The number of rotatable bonds is 8. The SMILES string of the molecule is N[C@@H](CCC(=O)[O-])C(=O)[O-].N[C@@H](CCC(=O)[O-])C(=O)[O-].[Cu]. The molecule has 1 radical (unpaired) electrons. The van der Waals surface area contributed by atoms with Gasteiger partial charge in [-0.2, -0.15) is 0 Å². The van der Waals surface area contributed by atoms with Gasteiger partial charge in [0.05, 0.1) is 11.9 Å².